The number of halogens is 3. The number of pyridine rings is 1. The molecule has 0 amide bonds. The van der Waals surface area contributed by atoms with Crippen LogP contribution in [0.4, 0.5) is 19.0 Å². The van der Waals surface area contributed by atoms with Crippen LogP contribution in [0.5, 0.6) is 0 Å². The first-order valence-electron chi connectivity index (χ1n) is 5.82. The monoisotopic (exact) mass is 276 g/mol. The highest BCUT2D eigenvalue weighted by molar-refractivity contribution is 7.99. The van der Waals surface area contributed by atoms with Crippen LogP contribution in [0, 0.1) is 0 Å². The number of aromatic nitrogens is 1. The molecule has 1 aliphatic rings. The maximum absolute atomic E-state index is 12.5. The SMILES string of the molecule is CSC1CCC(Nc2cccc(C(F)(F)F)n2)C1. The van der Waals surface area contributed by atoms with E-state index >= 15 is 0 Å². The molecule has 1 aliphatic carbocycles. The lowest BCUT2D eigenvalue weighted by Crippen LogP contribution is -2.18. The molecule has 1 heterocycles. The van der Waals surface area contributed by atoms with Gasteiger partial charge < -0.3 is 5.32 Å². The van der Waals surface area contributed by atoms with Gasteiger partial charge in [0.15, 0.2) is 0 Å². The van der Waals surface area contributed by atoms with Gasteiger partial charge in [0, 0.05) is 11.3 Å². The van der Waals surface area contributed by atoms with E-state index in [1.807, 2.05) is 11.8 Å². The molecule has 0 saturated heterocycles. The molecule has 2 nitrogen and oxygen atoms in total. The van der Waals surface area contributed by atoms with Crippen LogP contribution in [-0.4, -0.2) is 22.5 Å². The van der Waals surface area contributed by atoms with Gasteiger partial charge in [-0.1, -0.05) is 6.07 Å². The second kappa shape index (κ2) is 5.38. The summed E-state index contributed by atoms with van der Waals surface area (Å²) in [6.45, 7) is 0. The van der Waals surface area contributed by atoms with Gasteiger partial charge in [0.2, 0.25) is 0 Å². The summed E-state index contributed by atoms with van der Waals surface area (Å²) in [4.78, 5) is 3.62. The van der Waals surface area contributed by atoms with Gasteiger partial charge in [0.1, 0.15) is 11.5 Å². The fraction of sp³-hybridized carbons (Fsp3) is 0.583. The largest absolute Gasteiger partial charge is 0.433 e. The van der Waals surface area contributed by atoms with Gasteiger partial charge >= 0.3 is 6.18 Å². The molecule has 1 aromatic rings. The summed E-state index contributed by atoms with van der Waals surface area (Å²) in [6, 6.07) is 4.20. The molecule has 2 unspecified atom stereocenters. The predicted molar refractivity (Wildman–Crippen MR) is 67.8 cm³/mol. The van der Waals surface area contributed by atoms with Crippen LogP contribution in [0.3, 0.4) is 0 Å². The predicted octanol–water partition coefficient (Wildman–Crippen LogP) is 3.80. The van der Waals surface area contributed by atoms with Gasteiger partial charge in [-0.2, -0.15) is 24.9 Å². The molecular weight excluding hydrogens is 261 g/mol. The van der Waals surface area contributed by atoms with Crippen molar-refractivity contribution < 1.29 is 13.2 Å². The molecule has 2 atom stereocenters. The normalized spacial score (nSPS) is 24.2. The van der Waals surface area contributed by atoms with E-state index in [-0.39, 0.29) is 6.04 Å². The Balaban J connectivity index is 2.02. The van der Waals surface area contributed by atoms with Crippen molar-refractivity contribution in [3.05, 3.63) is 23.9 Å². The highest BCUT2D eigenvalue weighted by Gasteiger charge is 2.32. The molecule has 0 aliphatic heterocycles. The van der Waals surface area contributed by atoms with E-state index in [1.54, 1.807) is 6.07 Å². The summed E-state index contributed by atoms with van der Waals surface area (Å²) in [5, 5.41) is 3.70. The Bertz CT molecular complexity index is 409. The van der Waals surface area contributed by atoms with Crippen LogP contribution in [-0.2, 0) is 6.18 Å². The quantitative estimate of drug-likeness (QED) is 0.909. The molecule has 0 aromatic carbocycles. The average molecular weight is 276 g/mol. The summed E-state index contributed by atoms with van der Waals surface area (Å²) < 4.78 is 37.5. The summed E-state index contributed by atoms with van der Waals surface area (Å²) >= 11 is 1.81. The highest BCUT2D eigenvalue weighted by Crippen LogP contribution is 2.31. The first-order chi connectivity index (χ1) is 8.49. The Morgan fingerprint density at radius 2 is 2.11 bits per heavy atom. The number of anilines is 1. The molecule has 6 heteroatoms. The molecule has 0 spiro atoms. The zero-order valence-electron chi connectivity index (χ0n) is 10.00. The molecule has 1 saturated carbocycles. The highest BCUT2D eigenvalue weighted by atomic mass is 32.2. The van der Waals surface area contributed by atoms with Crippen LogP contribution in [0.2, 0.25) is 0 Å². The van der Waals surface area contributed by atoms with Gasteiger partial charge in [0.05, 0.1) is 0 Å². The van der Waals surface area contributed by atoms with Crippen molar-refractivity contribution in [3.8, 4) is 0 Å². The summed E-state index contributed by atoms with van der Waals surface area (Å²) in [7, 11) is 0. The number of nitrogens with one attached hydrogen (secondary N) is 1. The maximum Gasteiger partial charge on any atom is 0.433 e. The fourth-order valence-corrected chi connectivity index (χ4v) is 2.96. The minimum absolute atomic E-state index is 0.235. The molecular formula is C12H15F3N2S. The van der Waals surface area contributed by atoms with Crippen LogP contribution in [0.25, 0.3) is 0 Å². The van der Waals surface area contributed by atoms with Crippen molar-refractivity contribution in [1.82, 2.24) is 4.98 Å². The van der Waals surface area contributed by atoms with E-state index in [0.717, 1.165) is 25.3 Å². The Kier molecular flexibility index (Phi) is 4.04. The molecule has 1 fully saturated rings. The Labute approximate surface area is 108 Å². The average Bonchev–Trinajstić information content (AvgIpc) is 2.76. The Morgan fingerprint density at radius 3 is 2.72 bits per heavy atom. The lowest BCUT2D eigenvalue weighted by Gasteiger charge is -2.14. The first-order valence-corrected chi connectivity index (χ1v) is 7.11. The molecule has 18 heavy (non-hydrogen) atoms. The second-order valence-electron chi connectivity index (χ2n) is 4.42. The molecule has 2 rings (SSSR count). The van der Waals surface area contributed by atoms with Crippen molar-refractivity contribution in [3.63, 3.8) is 0 Å². The minimum atomic E-state index is -4.38. The van der Waals surface area contributed by atoms with Crippen LogP contribution in [0.1, 0.15) is 25.0 Å². The Hall–Kier alpha value is -0.910. The van der Waals surface area contributed by atoms with Crippen LogP contribution in [0.15, 0.2) is 18.2 Å². The zero-order valence-corrected chi connectivity index (χ0v) is 10.8. The summed E-state index contributed by atoms with van der Waals surface area (Å²) in [5.74, 6) is 0.316. The van der Waals surface area contributed by atoms with E-state index in [4.69, 9.17) is 0 Å². The maximum atomic E-state index is 12.5. The molecule has 0 bridgehead atoms. The Morgan fingerprint density at radius 1 is 1.33 bits per heavy atom. The smallest absolute Gasteiger partial charge is 0.367 e. The number of hydrogen-bond donors (Lipinski definition) is 1. The second-order valence-corrected chi connectivity index (χ2v) is 5.56. The van der Waals surface area contributed by atoms with Crippen LogP contribution >= 0.6 is 11.8 Å². The standard InChI is InChI=1S/C12H15F3N2S/c1-18-9-6-5-8(7-9)16-11-4-2-3-10(17-11)12(13,14)15/h2-4,8-9H,5-7H2,1H3,(H,16,17). The third-order valence-electron chi connectivity index (χ3n) is 3.11. The lowest BCUT2D eigenvalue weighted by molar-refractivity contribution is -0.141. The van der Waals surface area contributed by atoms with Crippen LogP contribution < -0.4 is 5.32 Å². The first kappa shape index (κ1) is 13.5. The fourth-order valence-electron chi connectivity index (χ4n) is 2.17. The van der Waals surface area contributed by atoms with Crippen molar-refractivity contribution in [1.29, 1.82) is 0 Å². The topological polar surface area (TPSA) is 24.9 Å². The van der Waals surface area contributed by atoms with E-state index < -0.39 is 11.9 Å². The molecule has 0 radical (unpaired) electrons. The van der Waals surface area contributed by atoms with E-state index in [2.05, 4.69) is 16.6 Å². The van der Waals surface area contributed by atoms with Crippen molar-refractivity contribution >= 4 is 17.6 Å². The van der Waals surface area contributed by atoms with E-state index in [9.17, 15) is 13.2 Å². The van der Waals surface area contributed by atoms with Gasteiger partial charge in [-0.25, -0.2) is 4.98 Å². The van der Waals surface area contributed by atoms with Crippen molar-refractivity contribution in [2.24, 2.45) is 0 Å². The number of rotatable bonds is 3. The number of nitrogens with zero attached hydrogens (tertiary/aromatic N) is 1. The third-order valence-corrected chi connectivity index (χ3v) is 4.20. The zero-order chi connectivity index (χ0) is 13.2. The summed E-state index contributed by atoms with van der Waals surface area (Å²) in [5.41, 5.74) is -0.841. The van der Waals surface area contributed by atoms with Crippen molar-refractivity contribution in [2.45, 2.75) is 36.7 Å². The number of hydrogen-bond acceptors (Lipinski definition) is 3. The van der Waals surface area contributed by atoms with E-state index in [0.29, 0.717) is 11.1 Å². The number of thioether (sulfide) groups is 1. The summed E-state index contributed by atoms with van der Waals surface area (Å²) in [6.07, 6.45) is 0.769. The van der Waals surface area contributed by atoms with Gasteiger partial charge in [-0.15, -0.1) is 0 Å². The number of alkyl halides is 3. The van der Waals surface area contributed by atoms with Gasteiger partial charge in [-0.05, 0) is 37.7 Å². The van der Waals surface area contributed by atoms with Gasteiger partial charge in [0.25, 0.3) is 0 Å². The lowest BCUT2D eigenvalue weighted by atomic mass is 10.2. The minimum Gasteiger partial charge on any atom is -0.367 e. The van der Waals surface area contributed by atoms with Crippen molar-refractivity contribution in [2.75, 3.05) is 11.6 Å². The molecule has 1 N–H and O–H groups in total. The van der Waals surface area contributed by atoms with Gasteiger partial charge in [-0.3, -0.25) is 0 Å². The third kappa shape index (κ3) is 3.31. The molecule has 100 valence electrons. The molecule has 1 aromatic heterocycles. The van der Waals surface area contributed by atoms with E-state index in [1.165, 1.54) is 6.07 Å².